The molecule has 0 atom stereocenters. The molecule has 2 rings (SSSR count). The van der Waals surface area contributed by atoms with Crippen LogP contribution in [0.1, 0.15) is 5.56 Å². The van der Waals surface area contributed by atoms with Gasteiger partial charge >= 0.3 is 0 Å². The molecule has 2 aromatic rings. The van der Waals surface area contributed by atoms with E-state index in [9.17, 15) is 0 Å². The molecule has 5 heteroatoms. The molecule has 0 spiro atoms. The van der Waals surface area contributed by atoms with Gasteiger partial charge in [0.05, 0.1) is 10.0 Å². The molecule has 0 amide bonds. The molecule has 0 aliphatic heterocycles. The van der Waals surface area contributed by atoms with E-state index in [1.165, 1.54) is 11.8 Å². The molecule has 0 fully saturated rings. The maximum atomic E-state index is 6.20. The zero-order valence-electron chi connectivity index (χ0n) is 8.86. The minimum absolute atomic E-state index is 0.400. The van der Waals surface area contributed by atoms with Gasteiger partial charge in [-0.2, -0.15) is 0 Å². The van der Waals surface area contributed by atoms with Crippen LogP contribution in [0.5, 0.6) is 0 Å². The summed E-state index contributed by atoms with van der Waals surface area (Å²) in [6, 6.07) is 9.40. The van der Waals surface area contributed by atoms with Gasteiger partial charge in [0.15, 0.2) is 0 Å². The van der Waals surface area contributed by atoms with E-state index in [2.05, 4.69) is 4.98 Å². The number of pyridine rings is 1. The van der Waals surface area contributed by atoms with Crippen LogP contribution in [0.4, 0.5) is 0 Å². The van der Waals surface area contributed by atoms with Gasteiger partial charge in [0, 0.05) is 17.6 Å². The Morgan fingerprint density at radius 1 is 1.18 bits per heavy atom. The van der Waals surface area contributed by atoms with Crippen LogP contribution in [-0.2, 0) is 6.54 Å². The lowest BCUT2D eigenvalue weighted by Crippen LogP contribution is -1.98. The number of rotatable bonds is 3. The Labute approximate surface area is 114 Å². The standard InChI is InChI=1S/C12H10Cl2N2S/c13-9-3-1-2-4-10(9)17-12-11(14)8(7-15)5-6-16-12/h1-6H,7,15H2. The number of nitrogens with zero attached hydrogens (tertiary/aromatic N) is 1. The van der Waals surface area contributed by atoms with E-state index in [1.54, 1.807) is 6.20 Å². The molecule has 0 aliphatic carbocycles. The van der Waals surface area contributed by atoms with Crippen LogP contribution in [0.2, 0.25) is 10.0 Å². The average Bonchev–Trinajstić information content (AvgIpc) is 2.34. The first-order chi connectivity index (χ1) is 8.22. The SMILES string of the molecule is NCc1ccnc(Sc2ccccc2Cl)c1Cl. The maximum Gasteiger partial charge on any atom is 0.120 e. The van der Waals surface area contributed by atoms with Crippen LogP contribution < -0.4 is 5.73 Å². The quantitative estimate of drug-likeness (QED) is 0.926. The normalized spacial score (nSPS) is 10.5. The number of benzene rings is 1. The second-order valence-corrected chi connectivity index (χ2v) is 5.14. The average molecular weight is 285 g/mol. The second kappa shape index (κ2) is 5.74. The smallest absolute Gasteiger partial charge is 0.120 e. The van der Waals surface area contributed by atoms with Crippen molar-refractivity contribution < 1.29 is 0 Å². The van der Waals surface area contributed by atoms with Gasteiger partial charge < -0.3 is 5.73 Å². The van der Waals surface area contributed by atoms with Gasteiger partial charge in [0.1, 0.15) is 5.03 Å². The summed E-state index contributed by atoms with van der Waals surface area (Å²) >= 11 is 13.7. The molecule has 0 bridgehead atoms. The van der Waals surface area contributed by atoms with E-state index >= 15 is 0 Å². The molecule has 1 aromatic heterocycles. The van der Waals surface area contributed by atoms with Gasteiger partial charge in [-0.05, 0) is 23.8 Å². The second-order valence-electron chi connectivity index (χ2n) is 3.33. The summed E-state index contributed by atoms with van der Waals surface area (Å²) in [4.78, 5) is 5.17. The third kappa shape index (κ3) is 2.93. The van der Waals surface area contributed by atoms with Gasteiger partial charge in [-0.1, -0.05) is 47.1 Å². The van der Waals surface area contributed by atoms with Crippen molar-refractivity contribution in [3.63, 3.8) is 0 Å². The van der Waals surface area contributed by atoms with Crippen LogP contribution in [0.15, 0.2) is 46.5 Å². The number of hydrogen-bond acceptors (Lipinski definition) is 3. The van der Waals surface area contributed by atoms with Crippen molar-refractivity contribution in [2.24, 2.45) is 5.73 Å². The third-order valence-electron chi connectivity index (χ3n) is 2.20. The fourth-order valence-corrected chi connectivity index (χ4v) is 2.73. The van der Waals surface area contributed by atoms with Crippen molar-refractivity contribution >= 4 is 35.0 Å². The molecule has 0 aliphatic rings. The van der Waals surface area contributed by atoms with E-state index in [0.717, 1.165) is 15.5 Å². The lowest BCUT2D eigenvalue weighted by Gasteiger charge is -2.07. The summed E-state index contributed by atoms with van der Waals surface area (Å²) in [6.45, 7) is 0.400. The van der Waals surface area contributed by atoms with Gasteiger partial charge in [0.25, 0.3) is 0 Å². The maximum absolute atomic E-state index is 6.20. The molecule has 1 heterocycles. The fraction of sp³-hybridized carbons (Fsp3) is 0.0833. The van der Waals surface area contributed by atoms with Crippen molar-refractivity contribution in [1.29, 1.82) is 0 Å². The summed E-state index contributed by atoms with van der Waals surface area (Å²) in [7, 11) is 0. The Hall–Kier alpha value is -0.740. The van der Waals surface area contributed by atoms with Crippen molar-refractivity contribution in [3.05, 3.63) is 52.1 Å². The van der Waals surface area contributed by atoms with E-state index in [1.807, 2.05) is 30.3 Å². The molecular weight excluding hydrogens is 275 g/mol. The molecule has 0 radical (unpaired) electrons. The largest absolute Gasteiger partial charge is 0.326 e. The fourth-order valence-electron chi connectivity index (χ4n) is 1.32. The van der Waals surface area contributed by atoms with E-state index in [-0.39, 0.29) is 0 Å². The Balaban J connectivity index is 2.34. The summed E-state index contributed by atoms with van der Waals surface area (Å²) < 4.78 is 0. The van der Waals surface area contributed by atoms with Gasteiger partial charge in [-0.25, -0.2) is 4.98 Å². The Kier molecular flexibility index (Phi) is 4.29. The first-order valence-electron chi connectivity index (χ1n) is 4.98. The number of hydrogen-bond donors (Lipinski definition) is 1. The Bertz CT molecular complexity index is 532. The Morgan fingerprint density at radius 3 is 2.65 bits per heavy atom. The minimum Gasteiger partial charge on any atom is -0.326 e. The minimum atomic E-state index is 0.400. The molecular formula is C12H10Cl2N2S. The number of halogens is 2. The highest BCUT2D eigenvalue weighted by atomic mass is 35.5. The summed E-state index contributed by atoms with van der Waals surface area (Å²) in [5.41, 5.74) is 6.48. The van der Waals surface area contributed by atoms with Crippen LogP contribution in [0, 0.1) is 0 Å². The third-order valence-corrected chi connectivity index (χ3v) is 4.25. The predicted octanol–water partition coefficient (Wildman–Crippen LogP) is 4.00. The lowest BCUT2D eigenvalue weighted by molar-refractivity contribution is 1.02. The van der Waals surface area contributed by atoms with Crippen LogP contribution in [-0.4, -0.2) is 4.98 Å². The molecule has 2 N–H and O–H groups in total. The van der Waals surface area contributed by atoms with Crippen molar-refractivity contribution in [2.75, 3.05) is 0 Å². The molecule has 17 heavy (non-hydrogen) atoms. The number of nitrogens with two attached hydrogens (primary N) is 1. The molecule has 1 aromatic carbocycles. The van der Waals surface area contributed by atoms with Crippen LogP contribution in [0.25, 0.3) is 0 Å². The topological polar surface area (TPSA) is 38.9 Å². The highest BCUT2D eigenvalue weighted by molar-refractivity contribution is 7.99. The summed E-state index contributed by atoms with van der Waals surface area (Å²) in [5.74, 6) is 0. The first kappa shape index (κ1) is 12.7. The summed E-state index contributed by atoms with van der Waals surface area (Å²) in [5, 5.41) is 2.01. The van der Waals surface area contributed by atoms with Crippen molar-refractivity contribution in [2.45, 2.75) is 16.5 Å². The van der Waals surface area contributed by atoms with E-state index in [0.29, 0.717) is 16.6 Å². The lowest BCUT2D eigenvalue weighted by atomic mass is 10.3. The van der Waals surface area contributed by atoms with Gasteiger partial charge in [-0.3, -0.25) is 0 Å². The highest BCUT2D eigenvalue weighted by Gasteiger charge is 2.09. The van der Waals surface area contributed by atoms with Crippen molar-refractivity contribution in [1.82, 2.24) is 4.98 Å². The molecule has 0 saturated carbocycles. The molecule has 2 nitrogen and oxygen atoms in total. The van der Waals surface area contributed by atoms with E-state index in [4.69, 9.17) is 28.9 Å². The van der Waals surface area contributed by atoms with Crippen molar-refractivity contribution in [3.8, 4) is 0 Å². The highest BCUT2D eigenvalue weighted by Crippen LogP contribution is 2.36. The molecule has 0 saturated heterocycles. The zero-order chi connectivity index (χ0) is 12.3. The monoisotopic (exact) mass is 284 g/mol. The van der Waals surface area contributed by atoms with Crippen LogP contribution in [0.3, 0.4) is 0 Å². The van der Waals surface area contributed by atoms with Crippen LogP contribution >= 0.6 is 35.0 Å². The van der Waals surface area contributed by atoms with Gasteiger partial charge in [-0.15, -0.1) is 0 Å². The summed E-state index contributed by atoms with van der Waals surface area (Å²) in [6.07, 6.45) is 1.70. The molecule has 88 valence electrons. The Morgan fingerprint density at radius 2 is 1.94 bits per heavy atom. The predicted molar refractivity (Wildman–Crippen MR) is 72.7 cm³/mol. The zero-order valence-corrected chi connectivity index (χ0v) is 11.2. The van der Waals surface area contributed by atoms with E-state index < -0.39 is 0 Å². The molecule has 0 unspecified atom stereocenters. The number of aromatic nitrogens is 1. The van der Waals surface area contributed by atoms with Gasteiger partial charge in [0.2, 0.25) is 0 Å². The first-order valence-corrected chi connectivity index (χ1v) is 6.55.